The molecule has 0 bridgehead atoms. The van der Waals surface area contributed by atoms with E-state index in [0.29, 0.717) is 21.7 Å². The molecule has 4 rings (SSSR count). The Morgan fingerprint density at radius 2 is 1.82 bits per heavy atom. The summed E-state index contributed by atoms with van der Waals surface area (Å²) in [5.41, 5.74) is 5.91. The van der Waals surface area contributed by atoms with E-state index in [4.69, 9.17) is 16.3 Å². The van der Waals surface area contributed by atoms with Crippen molar-refractivity contribution in [2.45, 2.75) is 12.1 Å². The van der Waals surface area contributed by atoms with Crippen LogP contribution in [0.3, 0.4) is 0 Å². The second-order valence-corrected chi connectivity index (χ2v) is 8.62. The highest BCUT2D eigenvalue weighted by Gasteiger charge is 2.17. The Morgan fingerprint density at radius 3 is 2.56 bits per heavy atom. The first kappa shape index (κ1) is 23.5. The summed E-state index contributed by atoms with van der Waals surface area (Å²) in [6.45, 7) is 1.83. The summed E-state index contributed by atoms with van der Waals surface area (Å²) in [5.74, 6) is 1.27. The van der Waals surface area contributed by atoms with Gasteiger partial charge >= 0.3 is 0 Å². The molecule has 0 fully saturated rings. The maximum Gasteiger partial charge on any atom is 0.250 e. The average Bonchev–Trinajstić information content (AvgIpc) is 3.31. The number of ether oxygens (including phenoxy) is 1. The van der Waals surface area contributed by atoms with Crippen LogP contribution in [0.5, 0.6) is 5.75 Å². The molecule has 0 aliphatic heterocycles. The fourth-order valence-corrected chi connectivity index (χ4v) is 4.05. The van der Waals surface area contributed by atoms with Crippen molar-refractivity contribution in [2.75, 3.05) is 12.9 Å². The minimum Gasteiger partial charge on any atom is -0.497 e. The fourth-order valence-electron chi connectivity index (χ4n) is 3.18. The van der Waals surface area contributed by atoms with E-state index in [9.17, 15) is 4.79 Å². The van der Waals surface area contributed by atoms with Crippen molar-refractivity contribution >= 4 is 35.0 Å². The molecule has 1 amide bonds. The molecule has 7 nitrogen and oxygen atoms in total. The van der Waals surface area contributed by atoms with E-state index in [1.54, 1.807) is 7.11 Å². The van der Waals surface area contributed by atoms with Gasteiger partial charge in [0.15, 0.2) is 11.0 Å². The number of nitrogens with one attached hydrogen (secondary N) is 1. The monoisotopic (exact) mass is 491 g/mol. The van der Waals surface area contributed by atoms with Gasteiger partial charge in [-0.1, -0.05) is 53.7 Å². The summed E-state index contributed by atoms with van der Waals surface area (Å²) in [6.07, 6.45) is 0. The Bertz CT molecular complexity index is 1310. The molecule has 9 heteroatoms. The number of carbonyl (C=O) groups excluding carboxylic acids is 1. The van der Waals surface area contributed by atoms with Crippen LogP contribution < -0.4 is 10.2 Å². The van der Waals surface area contributed by atoms with Gasteiger partial charge in [0.25, 0.3) is 5.91 Å². The lowest BCUT2D eigenvalue weighted by molar-refractivity contribution is -0.118. The molecule has 0 aliphatic carbocycles. The molecule has 1 heterocycles. The maximum absolute atomic E-state index is 12.5. The van der Waals surface area contributed by atoms with E-state index >= 15 is 0 Å². The van der Waals surface area contributed by atoms with Gasteiger partial charge in [0.05, 0.1) is 18.6 Å². The Labute approximate surface area is 206 Å². The lowest BCUT2D eigenvalue weighted by Gasteiger charge is -2.10. The van der Waals surface area contributed by atoms with Gasteiger partial charge in [0, 0.05) is 21.8 Å². The number of thioether (sulfide) groups is 1. The minimum absolute atomic E-state index is 0.125. The van der Waals surface area contributed by atoms with Crippen molar-refractivity contribution in [3.8, 4) is 22.8 Å². The molecule has 1 N–H and O–H groups in total. The number of carbonyl (C=O) groups is 1. The first-order valence-electron chi connectivity index (χ1n) is 10.4. The third-order valence-corrected chi connectivity index (χ3v) is 6.10. The van der Waals surface area contributed by atoms with Crippen LogP contribution in [0.4, 0.5) is 0 Å². The van der Waals surface area contributed by atoms with Gasteiger partial charge in [-0.15, -0.1) is 10.2 Å². The fraction of sp³-hybridized carbons (Fsp3) is 0.120. The molecule has 0 radical (unpaired) electrons. The smallest absolute Gasteiger partial charge is 0.250 e. The lowest BCUT2D eigenvalue weighted by atomic mass is 10.1. The number of rotatable bonds is 8. The Kier molecular flexibility index (Phi) is 7.61. The SMILES string of the molecule is COc1cccc(/C(C)=N\NC(=O)CSc2nnc(-c3ccc(Cl)cc3)n2-c2ccccc2)c1. The van der Waals surface area contributed by atoms with Gasteiger partial charge in [-0.2, -0.15) is 5.10 Å². The molecular formula is C25H22ClN5O2S. The van der Waals surface area contributed by atoms with Crippen LogP contribution >= 0.6 is 23.4 Å². The number of benzene rings is 3. The number of aromatic nitrogens is 3. The second kappa shape index (κ2) is 11.0. The van der Waals surface area contributed by atoms with Crippen molar-refractivity contribution in [1.82, 2.24) is 20.2 Å². The highest BCUT2D eigenvalue weighted by atomic mass is 35.5. The maximum atomic E-state index is 12.5. The number of hydrazone groups is 1. The summed E-state index contributed by atoms with van der Waals surface area (Å²) in [6, 6.07) is 24.7. The summed E-state index contributed by atoms with van der Waals surface area (Å²) < 4.78 is 7.16. The lowest BCUT2D eigenvalue weighted by Crippen LogP contribution is -2.21. The largest absolute Gasteiger partial charge is 0.497 e. The average molecular weight is 492 g/mol. The zero-order valence-corrected chi connectivity index (χ0v) is 20.2. The van der Waals surface area contributed by atoms with E-state index in [0.717, 1.165) is 22.6 Å². The summed E-state index contributed by atoms with van der Waals surface area (Å²) in [7, 11) is 1.61. The van der Waals surface area contributed by atoms with E-state index < -0.39 is 0 Å². The van der Waals surface area contributed by atoms with Gasteiger partial charge in [-0.3, -0.25) is 9.36 Å². The van der Waals surface area contributed by atoms with Crippen molar-refractivity contribution in [3.05, 3.63) is 89.4 Å². The van der Waals surface area contributed by atoms with Crippen LogP contribution in [0.25, 0.3) is 17.1 Å². The third kappa shape index (κ3) is 5.65. The van der Waals surface area contributed by atoms with Gasteiger partial charge in [-0.05, 0) is 55.5 Å². The van der Waals surface area contributed by atoms with E-state index in [1.165, 1.54) is 11.8 Å². The normalized spacial score (nSPS) is 11.3. The minimum atomic E-state index is -0.247. The van der Waals surface area contributed by atoms with E-state index in [1.807, 2.05) is 90.4 Å². The number of nitrogens with zero attached hydrogens (tertiary/aromatic N) is 4. The number of amides is 1. The molecule has 0 saturated heterocycles. The highest BCUT2D eigenvalue weighted by molar-refractivity contribution is 7.99. The number of methoxy groups -OCH3 is 1. The van der Waals surface area contributed by atoms with Crippen molar-refractivity contribution in [1.29, 1.82) is 0 Å². The van der Waals surface area contributed by atoms with Crippen LogP contribution in [0.1, 0.15) is 12.5 Å². The Hall–Kier alpha value is -3.62. The van der Waals surface area contributed by atoms with Gasteiger partial charge in [0.2, 0.25) is 0 Å². The van der Waals surface area contributed by atoms with Gasteiger partial charge in [0.1, 0.15) is 5.75 Å². The molecule has 0 spiro atoms. The molecule has 172 valence electrons. The van der Waals surface area contributed by atoms with Gasteiger partial charge in [-0.25, -0.2) is 5.43 Å². The third-order valence-electron chi connectivity index (χ3n) is 4.92. The summed E-state index contributed by atoms with van der Waals surface area (Å²) in [5, 5.41) is 14.2. The topological polar surface area (TPSA) is 81.4 Å². The molecule has 3 aromatic carbocycles. The first-order chi connectivity index (χ1) is 16.5. The zero-order valence-electron chi connectivity index (χ0n) is 18.6. The van der Waals surface area contributed by atoms with Crippen LogP contribution in [-0.2, 0) is 4.79 Å². The molecule has 4 aromatic rings. The first-order valence-corrected chi connectivity index (χ1v) is 11.8. The van der Waals surface area contributed by atoms with Crippen LogP contribution in [0.15, 0.2) is 89.1 Å². The van der Waals surface area contributed by atoms with Crippen molar-refractivity contribution in [2.24, 2.45) is 5.10 Å². The predicted molar refractivity (Wildman–Crippen MR) is 136 cm³/mol. The summed E-state index contributed by atoms with van der Waals surface area (Å²) in [4.78, 5) is 12.5. The van der Waals surface area contributed by atoms with E-state index in [-0.39, 0.29) is 11.7 Å². The van der Waals surface area contributed by atoms with Crippen LogP contribution in [-0.4, -0.2) is 39.2 Å². The predicted octanol–water partition coefficient (Wildman–Crippen LogP) is 5.23. The zero-order chi connectivity index (χ0) is 23.9. The number of hydrogen-bond acceptors (Lipinski definition) is 6. The number of hydrogen-bond donors (Lipinski definition) is 1. The van der Waals surface area contributed by atoms with Crippen molar-refractivity contribution < 1.29 is 9.53 Å². The molecule has 0 atom stereocenters. The van der Waals surface area contributed by atoms with Crippen molar-refractivity contribution in [3.63, 3.8) is 0 Å². The molecule has 0 saturated carbocycles. The number of halogens is 1. The standard InChI is InChI=1S/C25H22ClN5O2S/c1-17(19-7-6-10-22(15-19)33-2)27-28-23(32)16-34-25-30-29-24(18-11-13-20(26)14-12-18)31(25)21-8-4-3-5-9-21/h3-15H,16H2,1-2H3,(H,28,32)/b27-17-. The highest BCUT2D eigenvalue weighted by Crippen LogP contribution is 2.28. The van der Waals surface area contributed by atoms with Crippen LogP contribution in [0, 0.1) is 0 Å². The Morgan fingerprint density at radius 1 is 1.06 bits per heavy atom. The summed E-state index contributed by atoms with van der Waals surface area (Å²) >= 11 is 7.33. The Balaban J connectivity index is 1.50. The molecule has 1 aromatic heterocycles. The van der Waals surface area contributed by atoms with Crippen LogP contribution in [0.2, 0.25) is 5.02 Å². The molecule has 0 unspecified atom stereocenters. The second-order valence-electron chi connectivity index (χ2n) is 7.24. The number of para-hydroxylation sites is 1. The quantitative estimate of drug-likeness (QED) is 0.207. The molecule has 34 heavy (non-hydrogen) atoms. The van der Waals surface area contributed by atoms with E-state index in [2.05, 4.69) is 20.7 Å². The molecular weight excluding hydrogens is 470 g/mol. The van der Waals surface area contributed by atoms with Gasteiger partial charge < -0.3 is 4.74 Å². The molecule has 0 aliphatic rings.